The summed E-state index contributed by atoms with van der Waals surface area (Å²) in [7, 11) is 0. The summed E-state index contributed by atoms with van der Waals surface area (Å²) in [5, 5.41) is 8.69. The predicted molar refractivity (Wildman–Crippen MR) is 51.5 cm³/mol. The molecule has 3 N–H and O–H groups in total. The number of carbonyl (C=O) groups is 1. The van der Waals surface area contributed by atoms with Gasteiger partial charge in [-0.05, 0) is 12.8 Å². The van der Waals surface area contributed by atoms with Crippen LogP contribution in [0.25, 0.3) is 0 Å². The number of carboxylic acid groups (broad SMARTS) is 1. The molecule has 0 amide bonds. The van der Waals surface area contributed by atoms with Crippen LogP contribution in [-0.4, -0.2) is 17.1 Å². The first kappa shape index (κ1) is 14.3. The molecule has 0 radical (unpaired) electrons. The van der Waals surface area contributed by atoms with E-state index in [0.29, 0.717) is 6.42 Å². The summed E-state index contributed by atoms with van der Waals surface area (Å²) in [6.07, 6.45) is 2.37. The number of halogens is 1. The van der Waals surface area contributed by atoms with Gasteiger partial charge >= 0.3 is 5.97 Å². The van der Waals surface area contributed by atoms with Crippen molar-refractivity contribution in [3.63, 3.8) is 0 Å². The molecule has 0 spiro atoms. The van der Waals surface area contributed by atoms with E-state index in [9.17, 15) is 4.79 Å². The van der Waals surface area contributed by atoms with Crippen LogP contribution < -0.4 is 5.73 Å². The molecular weight excluding hydrogens is 178 g/mol. The van der Waals surface area contributed by atoms with Gasteiger partial charge in [-0.25, -0.2) is 0 Å². The normalized spacial score (nSPS) is 14.6. The van der Waals surface area contributed by atoms with Gasteiger partial charge in [0.25, 0.3) is 0 Å². The molecule has 0 aromatic heterocycles. The SMILES string of the molecule is CCCC(N)C(CC)C(=O)O.Cl. The molecule has 0 rings (SSSR count). The maximum atomic E-state index is 10.6. The van der Waals surface area contributed by atoms with E-state index in [1.54, 1.807) is 0 Å². The van der Waals surface area contributed by atoms with Gasteiger partial charge in [-0.2, -0.15) is 0 Å². The van der Waals surface area contributed by atoms with E-state index >= 15 is 0 Å². The van der Waals surface area contributed by atoms with Crippen molar-refractivity contribution in [2.24, 2.45) is 11.7 Å². The minimum Gasteiger partial charge on any atom is -0.481 e. The van der Waals surface area contributed by atoms with E-state index in [1.165, 1.54) is 0 Å². The van der Waals surface area contributed by atoms with Crippen molar-refractivity contribution in [2.75, 3.05) is 0 Å². The highest BCUT2D eigenvalue weighted by molar-refractivity contribution is 5.85. The number of aliphatic carboxylic acids is 1. The molecule has 2 unspecified atom stereocenters. The maximum absolute atomic E-state index is 10.6. The minimum absolute atomic E-state index is 0. The largest absolute Gasteiger partial charge is 0.481 e. The lowest BCUT2D eigenvalue weighted by Crippen LogP contribution is -2.34. The van der Waals surface area contributed by atoms with E-state index in [4.69, 9.17) is 10.8 Å². The van der Waals surface area contributed by atoms with Crippen molar-refractivity contribution < 1.29 is 9.90 Å². The van der Waals surface area contributed by atoms with Crippen LogP contribution in [0, 0.1) is 5.92 Å². The number of hydrogen-bond donors (Lipinski definition) is 2. The van der Waals surface area contributed by atoms with Crippen molar-refractivity contribution >= 4 is 18.4 Å². The number of nitrogens with two attached hydrogens (primary N) is 1. The molecule has 74 valence electrons. The molecule has 0 saturated heterocycles. The maximum Gasteiger partial charge on any atom is 0.308 e. The van der Waals surface area contributed by atoms with Gasteiger partial charge in [0.15, 0.2) is 0 Å². The fraction of sp³-hybridized carbons (Fsp3) is 0.875. The Bertz CT molecular complexity index is 130. The summed E-state index contributed by atoms with van der Waals surface area (Å²) in [6.45, 7) is 3.86. The van der Waals surface area contributed by atoms with Crippen LogP contribution in [0.4, 0.5) is 0 Å². The average molecular weight is 196 g/mol. The first-order chi connectivity index (χ1) is 5.13. The second kappa shape index (κ2) is 7.37. The Morgan fingerprint density at radius 3 is 2.25 bits per heavy atom. The second-order valence-electron chi connectivity index (χ2n) is 2.81. The molecule has 3 nitrogen and oxygen atoms in total. The highest BCUT2D eigenvalue weighted by Gasteiger charge is 2.21. The number of rotatable bonds is 5. The van der Waals surface area contributed by atoms with Crippen LogP contribution in [-0.2, 0) is 4.79 Å². The fourth-order valence-electron chi connectivity index (χ4n) is 1.20. The molecule has 0 aromatic rings. The molecule has 0 fully saturated rings. The fourth-order valence-corrected chi connectivity index (χ4v) is 1.20. The molecular formula is C8H18ClNO2. The third-order valence-corrected chi connectivity index (χ3v) is 1.90. The predicted octanol–water partition coefficient (Wildman–Crippen LogP) is 1.65. The van der Waals surface area contributed by atoms with Crippen LogP contribution >= 0.6 is 12.4 Å². The zero-order chi connectivity index (χ0) is 8.85. The number of carboxylic acids is 1. The minimum atomic E-state index is -0.770. The Hall–Kier alpha value is -0.280. The summed E-state index contributed by atoms with van der Waals surface area (Å²) in [6, 6.07) is -0.178. The summed E-state index contributed by atoms with van der Waals surface area (Å²) in [4.78, 5) is 10.6. The van der Waals surface area contributed by atoms with Gasteiger partial charge in [-0.3, -0.25) is 4.79 Å². The Kier molecular flexibility index (Phi) is 8.76. The Labute approximate surface area is 79.7 Å². The van der Waals surface area contributed by atoms with Crippen LogP contribution in [0.3, 0.4) is 0 Å². The van der Waals surface area contributed by atoms with E-state index < -0.39 is 5.97 Å². The van der Waals surface area contributed by atoms with Gasteiger partial charge in [0, 0.05) is 6.04 Å². The Morgan fingerprint density at radius 2 is 2.00 bits per heavy atom. The molecule has 0 aliphatic carbocycles. The second-order valence-corrected chi connectivity index (χ2v) is 2.81. The molecule has 2 atom stereocenters. The highest BCUT2D eigenvalue weighted by Crippen LogP contribution is 2.11. The van der Waals surface area contributed by atoms with Crippen LogP contribution in [0.2, 0.25) is 0 Å². The Balaban J connectivity index is 0. The monoisotopic (exact) mass is 195 g/mol. The van der Waals surface area contributed by atoms with Crippen molar-refractivity contribution in [3.05, 3.63) is 0 Å². The van der Waals surface area contributed by atoms with Gasteiger partial charge in [0.1, 0.15) is 0 Å². The Morgan fingerprint density at radius 1 is 1.50 bits per heavy atom. The molecule has 0 bridgehead atoms. The van der Waals surface area contributed by atoms with Gasteiger partial charge in [-0.1, -0.05) is 20.3 Å². The van der Waals surface area contributed by atoms with E-state index in [-0.39, 0.29) is 24.4 Å². The third-order valence-electron chi connectivity index (χ3n) is 1.90. The summed E-state index contributed by atoms with van der Waals surface area (Å²) >= 11 is 0. The topological polar surface area (TPSA) is 63.3 Å². The van der Waals surface area contributed by atoms with E-state index in [0.717, 1.165) is 12.8 Å². The van der Waals surface area contributed by atoms with Crippen LogP contribution in [0.5, 0.6) is 0 Å². The molecule has 4 heteroatoms. The molecule has 0 heterocycles. The first-order valence-electron chi connectivity index (χ1n) is 4.11. The average Bonchev–Trinajstić information content (AvgIpc) is 1.88. The van der Waals surface area contributed by atoms with Crippen LogP contribution in [0.15, 0.2) is 0 Å². The van der Waals surface area contributed by atoms with Crippen LogP contribution in [0.1, 0.15) is 33.1 Å². The van der Waals surface area contributed by atoms with Crippen molar-refractivity contribution in [3.8, 4) is 0 Å². The summed E-state index contributed by atoms with van der Waals surface area (Å²) < 4.78 is 0. The lowest BCUT2D eigenvalue weighted by atomic mass is 9.94. The smallest absolute Gasteiger partial charge is 0.308 e. The zero-order valence-corrected chi connectivity index (χ0v) is 8.43. The summed E-state index contributed by atoms with van der Waals surface area (Å²) in [5.41, 5.74) is 5.66. The van der Waals surface area contributed by atoms with Crippen molar-refractivity contribution in [2.45, 2.75) is 39.2 Å². The molecule has 0 aliphatic heterocycles. The standard InChI is InChI=1S/C8H17NO2.ClH/c1-3-5-7(9)6(4-2)8(10)11;/h6-7H,3-5,9H2,1-2H3,(H,10,11);1H. The van der Waals surface area contributed by atoms with E-state index in [2.05, 4.69) is 0 Å². The molecule has 0 aliphatic rings. The van der Waals surface area contributed by atoms with E-state index in [1.807, 2.05) is 13.8 Å². The molecule has 0 aromatic carbocycles. The first-order valence-corrected chi connectivity index (χ1v) is 4.11. The van der Waals surface area contributed by atoms with Gasteiger partial charge in [0.05, 0.1) is 5.92 Å². The quantitative estimate of drug-likeness (QED) is 0.701. The number of hydrogen-bond acceptors (Lipinski definition) is 2. The molecule has 0 saturated carbocycles. The highest BCUT2D eigenvalue weighted by atomic mass is 35.5. The van der Waals surface area contributed by atoms with Gasteiger partial charge in [-0.15, -0.1) is 12.4 Å². The summed E-state index contributed by atoms with van der Waals surface area (Å²) in [5.74, 6) is -1.14. The lowest BCUT2D eigenvalue weighted by molar-refractivity contribution is -0.142. The van der Waals surface area contributed by atoms with Gasteiger partial charge in [0.2, 0.25) is 0 Å². The zero-order valence-electron chi connectivity index (χ0n) is 7.62. The third kappa shape index (κ3) is 4.57. The molecule has 12 heavy (non-hydrogen) atoms. The van der Waals surface area contributed by atoms with Gasteiger partial charge < -0.3 is 10.8 Å². The van der Waals surface area contributed by atoms with Crippen molar-refractivity contribution in [1.82, 2.24) is 0 Å². The van der Waals surface area contributed by atoms with Crippen molar-refractivity contribution in [1.29, 1.82) is 0 Å². The lowest BCUT2D eigenvalue weighted by Gasteiger charge is -2.17.